The topological polar surface area (TPSA) is 38.7 Å². The number of rotatable bonds is 3. The highest BCUT2D eigenvalue weighted by atomic mass is 16.5. The number of aliphatic hydroxyl groups is 1. The molecule has 0 aliphatic heterocycles. The van der Waals surface area contributed by atoms with Crippen LogP contribution in [0.3, 0.4) is 0 Å². The summed E-state index contributed by atoms with van der Waals surface area (Å²) >= 11 is 0. The molecule has 0 amide bonds. The first kappa shape index (κ1) is 9.13. The molecule has 1 aliphatic rings. The minimum atomic E-state index is 0.153. The van der Waals surface area contributed by atoms with Crippen LogP contribution in [0.1, 0.15) is 6.42 Å². The predicted molar refractivity (Wildman–Crippen MR) is 45.4 cm³/mol. The van der Waals surface area contributed by atoms with Gasteiger partial charge in [-0.1, -0.05) is 6.08 Å². The van der Waals surface area contributed by atoms with Crippen LogP contribution in [0.15, 0.2) is 23.7 Å². The summed E-state index contributed by atoms with van der Waals surface area (Å²) in [6.45, 7) is 0.153. The van der Waals surface area contributed by atoms with Crippen molar-refractivity contribution in [1.82, 2.24) is 0 Å². The summed E-state index contributed by atoms with van der Waals surface area (Å²) in [5, 5.41) is 8.89. The first-order chi connectivity index (χ1) is 5.81. The highest BCUT2D eigenvalue weighted by Crippen LogP contribution is 2.23. The molecular weight excluding hydrogens is 156 g/mol. The maximum absolute atomic E-state index is 8.89. The quantitative estimate of drug-likeness (QED) is 0.688. The first-order valence-electron chi connectivity index (χ1n) is 3.92. The van der Waals surface area contributed by atoms with Gasteiger partial charge in [-0.25, -0.2) is 0 Å². The van der Waals surface area contributed by atoms with Gasteiger partial charge >= 0.3 is 0 Å². The van der Waals surface area contributed by atoms with Gasteiger partial charge in [0.2, 0.25) is 0 Å². The maximum Gasteiger partial charge on any atom is 0.156 e. The number of allylic oxidation sites excluding steroid dienone is 2. The lowest BCUT2D eigenvalue weighted by Crippen LogP contribution is -2.11. The summed E-state index contributed by atoms with van der Waals surface area (Å²) < 4.78 is 10.2. The van der Waals surface area contributed by atoms with Crippen molar-refractivity contribution in [3.8, 4) is 0 Å². The van der Waals surface area contributed by atoms with Gasteiger partial charge in [-0.05, 0) is 6.08 Å². The van der Waals surface area contributed by atoms with E-state index >= 15 is 0 Å². The molecule has 0 heterocycles. The van der Waals surface area contributed by atoms with Crippen molar-refractivity contribution in [3.05, 3.63) is 23.7 Å². The zero-order valence-electron chi connectivity index (χ0n) is 7.41. The Hall–Kier alpha value is -0.960. The average Bonchev–Trinajstić information content (AvgIpc) is 2.16. The highest BCUT2D eigenvalue weighted by molar-refractivity contribution is 5.22. The molecular formula is C9H14O3. The molecule has 0 saturated carbocycles. The molecule has 0 aromatic carbocycles. The molecule has 1 unspecified atom stereocenters. The number of hydrogen-bond acceptors (Lipinski definition) is 3. The second-order valence-electron chi connectivity index (χ2n) is 2.70. The Balaban J connectivity index is 2.71. The molecule has 0 spiro atoms. The van der Waals surface area contributed by atoms with E-state index in [1.165, 1.54) is 0 Å². The van der Waals surface area contributed by atoms with Crippen LogP contribution in [0.2, 0.25) is 0 Å². The first-order valence-corrected chi connectivity index (χ1v) is 3.92. The fourth-order valence-electron chi connectivity index (χ4n) is 1.21. The van der Waals surface area contributed by atoms with E-state index in [4.69, 9.17) is 14.6 Å². The molecule has 3 heteroatoms. The van der Waals surface area contributed by atoms with E-state index in [0.29, 0.717) is 6.42 Å². The number of aliphatic hydroxyl groups excluding tert-OH is 1. The van der Waals surface area contributed by atoms with Crippen molar-refractivity contribution in [2.24, 2.45) is 5.92 Å². The van der Waals surface area contributed by atoms with Gasteiger partial charge in [-0.15, -0.1) is 0 Å². The van der Waals surface area contributed by atoms with Gasteiger partial charge in [-0.3, -0.25) is 0 Å². The minimum absolute atomic E-state index is 0.153. The minimum Gasteiger partial charge on any atom is -0.497 e. The molecule has 1 aliphatic carbocycles. The maximum atomic E-state index is 8.89. The molecule has 0 bridgehead atoms. The zero-order chi connectivity index (χ0) is 8.97. The van der Waals surface area contributed by atoms with Crippen LogP contribution in [-0.4, -0.2) is 25.9 Å². The molecule has 0 fully saturated rings. The van der Waals surface area contributed by atoms with Gasteiger partial charge in [-0.2, -0.15) is 0 Å². The number of ether oxygens (including phenoxy) is 2. The van der Waals surface area contributed by atoms with Crippen LogP contribution in [0.5, 0.6) is 0 Å². The Bertz CT molecular complexity index is 206. The van der Waals surface area contributed by atoms with E-state index in [1.807, 2.05) is 12.2 Å². The third-order valence-corrected chi connectivity index (χ3v) is 1.94. The van der Waals surface area contributed by atoms with Crippen molar-refractivity contribution in [2.45, 2.75) is 6.42 Å². The Morgan fingerprint density at radius 1 is 1.50 bits per heavy atom. The summed E-state index contributed by atoms with van der Waals surface area (Å²) in [5.74, 6) is 1.72. The lowest BCUT2D eigenvalue weighted by atomic mass is 9.99. The van der Waals surface area contributed by atoms with E-state index in [9.17, 15) is 0 Å². The predicted octanol–water partition coefficient (Wildman–Crippen LogP) is 1.06. The van der Waals surface area contributed by atoms with Crippen molar-refractivity contribution >= 4 is 0 Å². The smallest absolute Gasteiger partial charge is 0.156 e. The molecule has 1 N–H and O–H groups in total. The molecule has 68 valence electrons. The molecule has 12 heavy (non-hydrogen) atoms. The van der Waals surface area contributed by atoms with Gasteiger partial charge in [0, 0.05) is 18.9 Å². The normalized spacial score (nSPS) is 22.8. The second-order valence-corrected chi connectivity index (χ2v) is 2.70. The third kappa shape index (κ3) is 1.80. The molecule has 1 rings (SSSR count). The third-order valence-electron chi connectivity index (χ3n) is 1.94. The Kier molecular flexibility index (Phi) is 3.17. The van der Waals surface area contributed by atoms with Crippen LogP contribution in [0, 0.1) is 5.92 Å². The number of methoxy groups -OCH3 is 2. The van der Waals surface area contributed by atoms with Crippen molar-refractivity contribution in [2.75, 3.05) is 20.8 Å². The molecule has 0 radical (unpaired) electrons. The molecule has 3 nitrogen and oxygen atoms in total. The van der Waals surface area contributed by atoms with Gasteiger partial charge in [0.05, 0.1) is 14.2 Å². The van der Waals surface area contributed by atoms with Crippen LogP contribution in [0.25, 0.3) is 0 Å². The summed E-state index contributed by atoms with van der Waals surface area (Å²) in [6.07, 6.45) is 4.48. The molecule has 0 saturated heterocycles. The van der Waals surface area contributed by atoms with Crippen LogP contribution in [0.4, 0.5) is 0 Å². The van der Waals surface area contributed by atoms with E-state index in [2.05, 4.69) is 0 Å². The summed E-state index contributed by atoms with van der Waals surface area (Å²) in [6, 6.07) is 0. The van der Waals surface area contributed by atoms with Crippen molar-refractivity contribution in [1.29, 1.82) is 0 Å². The van der Waals surface area contributed by atoms with Gasteiger partial charge in [0.15, 0.2) is 5.76 Å². The van der Waals surface area contributed by atoms with Crippen molar-refractivity contribution < 1.29 is 14.6 Å². The van der Waals surface area contributed by atoms with Crippen LogP contribution < -0.4 is 0 Å². The van der Waals surface area contributed by atoms with Gasteiger partial charge in [0.25, 0.3) is 0 Å². The van der Waals surface area contributed by atoms with E-state index in [1.54, 1.807) is 14.2 Å². The Morgan fingerprint density at radius 3 is 2.75 bits per heavy atom. The van der Waals surface area contributed by atoms with E-state index < -0.39 is 0 Å². The molecule has 0 aromatic rings. The standard InChI is InChI=1S/C9H14O3/c1-11-8-4-3-7(6-10)5-9(8)12-2/h3-4,7,10H,5-6H2,1-2H3. The van der Waals surface area contributed by atoms with Crippen LogP contribution >= 0.6 is 0 Å². The van der Waals surface area contributed by atoms with Gasteiger partial charge in [0.1, 0.15) is 5.76 Å². The largest absolute Gasteiger partial charge is 0.497 e. The molecule has 1 atom stereocenters. The fourth-order valence-corrected chi connectivity index (χ4v) is 1.21. The highest BCUT2D eigenvalue weighted by Gasteiger charge is 2.16. The van der Waals surface area contributed by atoms with Gasteiger partial charge < -0.3 is 14.6 Å². The van der Waals surface area contributed by atoms with E-state index in [-0.39, 0.29) is 12.5 Å². The fraction of sp³-hybridized carbons (Fsp3) is 0.556. The van der Waals surface area contributed by atoms with Crippen molar-refractivity contribution in [3.63, 3.8) is 0 Å². The van der Waals surface area contributed by atoms with E-state index in [0.717, 1.165) is 11.5 Å². The Morgan fingerprint density at radius 2 is 2.25 bits per heavy atom. The summed E-state index contributed by atoms with van der Waals surface area (Å²) in [7, 11) is 3.22. The zero-order valence-corrected chi connectivity index (χ0v) is 7.41. The number of hydrogen-bond donors (Lipinski definition) is 1. The lowest BCUT2D eigenvalue weighted by molar-refractivity contribution is 0.186. The SMILES string of the molecule is COC1=C(OC)CC(CO)C=C1. The molecule has 0 aromatic heterocycles. The summed E-state index contributed by atoms with van der Waals surface area (Å²) in [4.78, 5) is 0. The summed E-state index contributed by atoms with van der Waals surface area (Å²) in [5.41, 5.74) is 0. The average molecular weight is 170 g/mol. The Labute approximate surface area is 72.3 Å². The second kappa shape index (κ2) is 4.16. The van der Waals surface area contributed by atoms with Crippen LogP contribution in [-0.2, 0) is 9.47 Å². The lowest BCUT2D eigenvalue weighted by Gasteiger charge is -2.18. The monoisotopic (exact) mass is 170 g/mol.